The largest absolute Gasteiger partial charge is 0.348 e. The summed E-state index contributed by atoms with van der Waals surface area (Å²) in [5.74, 6) is -0.344. The smallest absolute Gasteiger partial charge is 0.264 e. The van der Waals surface area contributed by atoms with Crippen LogP contribution in [0.5, 0.6) is 0 Å². The molecule has 0 heterocycles. The van der Waals surface area contributed by atoms with E-state index in [1.165, 1.54) is 4.31 Å². The second kappa shape index (κ2) is 10.4. The van der Waals surface area contributed by atoms with Crippen molar-refractivity contribution in [3.8, 4) is 0 Å². The summed E-state index contributed by atoms with van der Waals surface area (Å²) >= 11 is 0. The van der Waals surface area contributed by atoms with Gasteiger partial charge in [0.05, 0.1) is 16.6 Å². The number of nitrogens with zero attached hydrogens (tertiary/aromatic N) is 1. The highest BCUT2D eigenvalue weighted by Gasteiger charge is 2.29. The number of rotatable bonds is 8. The van der Waals surface area contributed by atoms with E-state index < -0.39 is 10.0 Å². The third kappa shape index (κ3) is 5.68. The quantitative estimate of drug-likeness (QED) is 0.452. The Morgan fingerprint density at radius 1 is 0.824 bits per heavy atom. The molecule has 0 bridgehead atoms. The molecule has 34 heavy (non-hydrogen) atoms. The molecule has 5 nitrogen and oxygen atoms in total. The van der Waals surface area contributed by atoms with Crippen LogP contribution in [0.1, 0.15) is 52.8 Å². The topological polar surface area (TPSA) is 66.5 Å². The first kappa shape index (κ1) is 25.5. The molecule has 0 aromatic heterocycles. The van der Waals surface area contributed by atoms with Gasteiger partial charge in [-0.2, -0.15) is 0 Å². The second-order valence-corrected chi connectivity index (χ2v) is 10.9. The first-order valence-corrected chi connectivity index (χ1v) is 13.0. The van der Waals surface area contributed by atoms with Crippen LogP contribution in [0.2, 0.25) is 0 Å². The number of hydrogen-bond acceptors (Lipinski definition) is 3. The van der Waals surface area contributed by atoms with E-state index in [1.54, 1.807) is 24.3 Å². The molecule has 0 saturated heterocycles. The first-order chi connectivity index (χ1) is 16.0. The minimum Gasteiger partial charge on any atom is -0.348 e. The second-order valence-electron chi connectivity index (χ2n) is 9.00. The van der Waals surface area contributed by atoms with Crippen molar-refractivity contribution in [2.24, 2.45) is 0 Å². The van der Waals surface area contributed by atoms with Crippen LogP contribution < -0.4 is 9.62 Å². The van der Waals surface area contributed by atoms with Gasteiger partial charge in [-0.05, 0) is 81.5 Å². The maximum Gasteiger partial charge on any atom is 0.264 e. The van der Waals surface area contributed by atoms with E-state index >= 15 is 0 Å². The summed E-state index contributed by atoms with van der Waals surface area (Å²) in [6, 6.07) is 18.3. The molecule has 0 aliphatic heterocycles. The number of sulfonamides is 1. The van der Waals surface area contributed by atoms with Crippen LogP contribution in [-0.2, 0) is 14.8 Å². The van der Waals surface area contributed by atoms with Gasteiger partial charge < -0.3 is 5.32 Å². The van der Waals surface area contributed by atoms with Gasteiger partial charge in [0.1, 0.15) is 6.54 Å². The van der Waals surface area contributed by atoms with Crippen molar-refractivity contribution in [1.82, 2.24) is 5.32 Å². The van der Waals surface area contributed by atoms with Crippen LogP contribution in [0.25, 0.3) is 0 Å². The summed E-state index contributed by atoms with van der Waals surface area (Å²) < 4.78 is 28.6. The molecule has 3 aromatic carbocycles. The van der Waals surface area contributed by atoms with Crippen molar-refractivity contribution in [2.45, 2.75) is 58.9 Å². The van der Waals surface area contributed by atoms with E-state index in [0.717, 1.165) is 33.4 Å². The third-order valence-corrected chi connectivity index (χ3v) is 7.85. The molecular formula is C28H34N2O3S. The van der Waals surface area contributed by atoms with Gasteiger partial charge in [-0.25, -0.2) is 8.42 Å². The summed E-state index contributed by atoms with van der Waals surface area (Å²) in [7, 11) is -3.95. The highest BCUT2D eigenvalue weighted by molar-refractivity contribution is 7.92. The number of carbonyl (C=O) groups excluding carboxylic acids is 1. The Morgan fingerprint density at radius 2 is 1.41 bits per heavy atom. The molecule has 0 fully saturated rings. The number of aryl methyl sites for hydroxylation is 5. The van der Waals surface area contributed by atoms with Crippen molar-refractivity contribution >= 4 is 21.6 Å². The highest BCUT2D eigenvalue weighted by atomic mass is 32.2. The summed E-state index contributed by atoms with van der Waals surface area (Å²) in [4.78, 5) is 13.4. The SMILES string of the molecule is CCC(NC(=O)CN(c1cc(C)ccc1C)S(=O)(=O)c1ccc(C)cc1)c1ccc(C)cc1C. The van der Waals surface area contributed by atoms with E-state index in [2.05, 4.69) is 11.4 Å². The maximum absolute atomic E-state index is 13.7. The number of carbonyl (C=O) groups is 1. The van der Waals surface area contributed by atoms with E-state index in [9.17, 15) is 13.2 Å². The van der Waals surface area contributed by atoms with Crippen molar-refractivity contribution in [2.75, 3.05) is 10.8 Å². The van der Waals surface area contributed by atoms with Crippen LogP contribution in [0, 0.1) is 34.6 Å². The zero-order valence-electron chi connectivity index (χ0n) is 20.8. The van der Waals surface area contributed by atoms with Crippen molar-refractivity contribution < 1.29 is 13.2 Å². The van der Waals surface area contributed by atoms with Crippen molar-refractivity contribution in [1.29, 1.82) is 0 Å². The molecule has 0 aliphatic carbocycles. The van der Waals surface area contributed by atoms with Gasteiger partial charge in [0, 0.05) is 0 Å². The van der Waals surface area contributed by atoms with Gasteiger partial charge in [0.25, 0.3) is 10.0 Å². The lowest BCUT2D eigenvalue weighted by molar-refractivity contribution is -0.120. The molecule has 1 amide bonds. The van der Waals surface area contributed by atoms with Crippen molar-refractivity contribution in [3.05, 3.63) is 94.0 Å². The summed E-state index contributed by atoms with van der Waals surface area (Å²) in [5.41, 5.74) is 6.49. The Hall–Kier alpha value is -3.12. The molecular weight excluding hydrogens is 444 g/mol. The van der Waals surface area contributed by atoms with Gasteiger partial charge in [0.15, 0.2) is 0 Å². The molecule has 3 rings (SSSR count). The van der Waals surface area contributed by atoms with Gasteiger partial charge >= 0.3 is 0 Å². The van der Waals surface area contributed by atoms with E-state index in [4.69, 9.17) is 0 Å². The van der Waals surface area contributed by atoms with Crippen molar-refractivity contribution in [3.63, 3.8) is 0 Å². The zero-order valence-corrected chi connectivity index (χ0v) is 21.7. The van der Waals surface area contributed by atoms with E-state index in [0.29, 0.717) is 12.1 Å². The monoisotopic (exact) mass is 478 g/mol. The molecule has 3 aromatic rings. The van der Waals surface area contributed by atoms with Gasteiger partial charge in [-0.1, -0.05) is 60.5 Å². The Labute approximate surface area is 203 Å². The van der Waals surface area contributed by atoms with Crippen LogP contribution in [0.15, 0.2) is 65.6 Å². The predicted molar refractivity (Wildman–Crippen MR) is 139 cm³/mol. The molecule has 0 spiro atoms. The standard InChI is InChI=1S/C28H34N2O3S/c1-7-26(25-15-11-20(3)16-23(25)6)29-28(31)18-30(27-17-21(4)8-12-22(27)5)34(32,33)24-13-9-19(2)10-14-24/h8-17,26H,7,18H2,1-6H3,(H,29,31). The summed E-state index contributed by atoms with van der Waals surface area (Å²) in [5, 5.41) is 3.07. The lowest BCUT2D eigenvalue weighted by atomic mass is 9.97. The van der Waals surface area contributed by atoms with Gasteiger partial charge in [-0.15, -0.1) is 0 Å². The lowest BCUT2D eigenvalue weighted by Crippen LogP contribution is -2.42. The summed E-state index contributed by atoms with van der Waals surface area (Å²) in [6.07, 6.45) is 0.698. The zero-order chi connectivity index (χ0) is 25.0. The third-order valence-electron chi connectivity index (χ3n) is 6.07. The fraction of sp³-hybridized carbons (Fsp3) is 0.321. The molecule has 0 aliphatic rings. The van der Waals surface area contributed by atoms with Crippen LogP contribution in [-0.4, -0.2) is 20.9 Å². The fourth-order valence-electron chi connectivity index (χ4n) is 4.11. The minimum absolute atomic E-state index is 0.160. The molecule has 1 N–H and O–H groups in total. The first-order valence-electron chi connectivity index (χ1n) is 11.6. The molecule has 6 heteroatoms. The average Bonchev–Trinajstić information content (AvgIpc) is 2.78. The van der Waals surface area contributed by atoms with Crippen LogP contribution in [0.3, 0.4) is 0 Å². The number of nitrogens with one attached hydrogen (secondary N) is 1. The molecule has 1 unspecified atom stereocenters. The highest BCUT2D eigenvalue weighted by Crippen LogP contribution is 2.28. The Bertz CT molecular complexity index is 1280. The predicted octanol–water partition coefficient (Wildman–Crippen LogP) is 5.69. The van der Waals surface area contributed by atoms with Gasteiger partial charge in [0.2, 0.25) is 5.91 Å². The molecule has 0 radical (unpaired) electrons. The number of anilines is 1. The molecule has 180 valence electrons. The Morgan fingerprint density at radius 3 is 2.03 bits per heavy atom. The Kier molecular flexibility index (Phi) is 7.82. The molecule has 1 atom stereocenters. The summed E-state index contributed by atoms with van der Waals surface area (Å²) in [6.45, 7) is 11.4. The Balaban J connectivity index is 1.97. The van der Waals surface area contributed by atoms with Crippen LogP contribution >= 0.6 is 0 Å². The number of hydrogen-bond donors (Lipinski definition) is 1. The normalized spacial score (nSPS) is 12.3. The minimum atomic E-state index is -3.95. The van der Waals surface area contributed by atoms with Gasteiger partial charge in [-0.3, -0.25) is 9.10 Å². The number of benzene rings is 3. The van der Waals surface area contributed by atoms with E-state index in [1.807, 2.05) is 71.9 Å². The van der Waals surface area contributed by atoms with E-state index in [-0.39, 0.29) is 23.4 Å². The fourth-order valence-corrected chi connectivity index (χ4v) is 5.59. The lowest BCUT2D eigenvalue weighted by Gasteiger charge is -2.27. The number of amides is 1. The maximum atomic E-state index is 13.7. The molecule has 0 saturated carbocycles. The average molecular weight is 479 g/mol. The van der Waals surface area contributed by atoms with Crippen LogP contribution in [0.4, 0.5) is 5.69 Å².